The maximum atomic E-state index is 14.9. The van der Waals surface area contributed by atoms with Crippen molar-refractivity contribution in [3.63, 3.8) is 0 Å². The van der Waals surface area contributed by atoms with E-state index in [4.69, 9.17) is 0 Å². The van der Waals surface area contributed by atoms with Gasteiger partial charge in [-0.1, -0.05) is 25.7 Å². The summed E-state index contributed by atoms with van der Waals surface area (Å²) < 4.78 is 0. The molecule has 5 aliphatic rings. The molecule has 4 saturated carbocycles. The molecular weight excluding hydrogens is 624 g/mol. The van der Waals surface area contributed by atoms with Crippen molar-refractivity contribution < 1.29 is 29.3 Å². The monoisotopic (exact) mass is 672 g/mol. The Bertz CT molecular complexity index is 1200. The minimum absolute atomic E-state index is 0.141. The molecule has 14 heteroatoms. The number of ketones is 2. The molecular formula is C34H48N4O10. The minimum atomic E-state index is -1.55. The molecule has 4 fully saturated rings. The molecule has 14 nitrogen and oxygen atoms in total. The number of carbonyl (C=O) groups is 2. The zero-order valence-electron chi connectivity index (χ0n) is 27.8. The van der Waals surface area contributed by atoms with E-state index in [1.165, 1.54) is 0 Å². The zero-order valence-corrected chi connectivity index (χ0v) is 27.8. The SMILES string of the molecule is O=C1C(CC2([N+](=O)[O-])CCCCC2)=C(CC2([N+](=O)[O-])CCCCC2)C(=O)C(CC2([N+](=O)[O-])CCCCC2)=C1CC1([N+](=O)[O-])CCCCC1. The number of nitro groups is 4. The molecule has 0 spiro atoms. The molecule has 5 aliphatic carbocycles. The molecule has 0 heterocycles. The number of hydrogen-bond donors (Lipinski definition) is 0. The highest BCUT2D eigenvalue weighted by atomic mass is 16.6. The van der Waals surface area contributed by atoms with Gasteiger partial charge in [0.25, 0.3) is 0 Å². The Morgan fingerprint density at radius 3 is 0.667 bits per heavy atom. The first-order valence-electron chi connectivity index (χ1n) is 17.9. The quantitative estimate of drug-likeness (QED) is 0.116. The first-order chi connectivity index (χ1) is 22.8. The van der Waals surface area contributed by atoms with Gasteiger partial charge in [-0.15, -0.1) is 0 Å². The fraction of sp³-hybridized carbons (Fsp3) is 0.824. The van der Waals surface area contributed by atoms with E-state index < -0.39 is 59.4 Å². The van der Waals surface area contributed by atoms with Crippen LogP contribution in [0.2, 0.25) is 0 Å². The Balaban J connectivity index is 1.71. The molecule has 0 aromatic heterocycles. The van der Waals surface area contributed by atoms with Crippen molar-refractivity contribution in [2.75, 3.05) is 0 Å². The molecule has 0 aromatic rings. The molecule has 0 unspecified atom stereocenters. The maximum absolute atomic E-state index is 14.9. The van der Waals surface area contributed by atoms with Gasteiger partial charge in [0, 0.05) is 119 Å². The Hall–Kier alpha value is -3.58. The van der Waals surface area contributed by atoms with E-state index in [0.717, 1.165) is 25.7 Å². The largest absolute Gasteiger partial charge is 0.289 e. The predicted octanol–water partition coefficient (Wildman–Crippen LogP) is 7.21. The van der Waals surface area contributed by atoms with Crippen molar-refractivity contribution in [1.82, 2.24) is 0 Å². The van der Waals surface area contributed by atoms with E-state index in [9.17, 15) is 50.0 Å². The van der Waals surface area contributed by atoms with Crippen LogP contribution < -0.4 is 0 Å². The summed E-state index contributed by atoms with van der Waals surface area (Å²) in [7, 11) is 0. The molecule has 264 valence electrons. The van der Waals surface area contributed by atoms with E-state index in [1.807, 2.05) is 0 Å². The number of carbonyl (C=O) groups excluding carboxylic acids is 2. The van der Waals surface area contributed by atoms with Gasteiger partial charge in [-0.05, 0) is 51.4 Å². The first kappa shape index (κ1) is 35.7. The summed E-state index contributed by atoms with van der Waals surface area (Å²) in [6.07, 6.45) is 7.35. The van der Waals surface area contributed by atoms with Gasteiger partial charge in [0.15, 0.2) is 11.6 Å². The smallest absolute Gasteiger partial charge is 0.226 e. The van der Waals surface area contributed by atoms with Crippen LogP contribution in [0.3, 0.4) is 0 Å². The second-order valence-corrected chi connectivity index (χ2v) is 15.4. The Morgan fingerprint density at radius 2 is 0.521 bits per heavy atom. The minimum Gasteiger partial charge on any atom is -0.289 e. The van der Waals surface area contributed by atoms with Crippen LogP contribution in [0.15, 0.2) is 22.3 Å². The predicted molar refractivity (Wildman–Crippen MR) is 174 cm³/mol. The van der Waals surface area contributed by atoms with Crippen LogP contribution >= 0.6 is 0 Å². The molecule has 0 saturated heterocycles. The normalized spacial score (nSPS) is 25.4. The fourth-order valence-corrected chi connectivity index (χ4v) is 9.51. The van der Waals surface area contributed by atoms with Crippen LogP contribution in [-0.4, -0.2) is 53.4 Å². The summed E-state index contributed by atoms with van der Waals surface area (Å²) in [5.41, 5.74) is -6.78. The molecule has 0 N–H and O–H groups in total. The van der Waals surface area contributed by atoms with E-state index in [-0.39, 0.29) is 93.4 Å². The van der Waals surface area contributed by atoms with Gasteiger partial charge in [-0.2, -0.15) is 0 Å². The summed E-state index contributed by atoms with van der Waals surface area (Å²) in [5, 5.41) is 50.8. The molecule has 0 bridgehead atoms. The summed E-state index contributed by atoms with van der Waals surface area (Å²) in [5.74, 6) is -1.44. The average molecular weight is 673 g/mol. The Morgan fingerprint density at radius 1 is 0.354 bits per heavy atom. The van der Waals surface area contributed by atoms with Gasteiger partial charge >= 0.3 is 0 Å². The van der Waals surface area contributed by atoms with Crippen LogP contribution in [0.25, 0.3) is 0 Å². The lowest BCUT2D eigenvalue weighted by atomic mass is 9.65. The first-order valence-corrected chi connectivity index (χ1v) is 17.9. The lowest BCUT2D eigenvalue weighted by molar-refractivity contribution is -0.575. The van der Waals surface area contributed by atoms with Gasteiger partial charge in [0.2, 0.25) is 22.2 Å². The lowest BCUT2D eigenvalue weighted by Crippen LogP contribution is -2.47. The van der Waals surface area contributed by atoms with Gasteiger partial charge in [0.05, 0.1) is 0 Å². The van der Waals surface area contributed by atoms with Crippen LogP contribution in [0, 0.1) is 40.5 Å². The van der Waals surface area contributed by atoms with Crippen LogP contribution in [0.1, 0.15) is 154 Å². The molecule has 0 aliphatic heterocycles. The summed E-state index contributed by atoms with van der Waals surface area (Å²) in [4.78, 5) is 79.1. The average Bonchev–Trinajstić information content (AvgIpc) is 3.08. The Labute approximate surface area is 279 Å². The van der Waals surface area contributed by atoms with Gasteiger partial charge < -0.3 is 0 Å². The molecule has 5 rings (SSSR count). The third-order valence-electron chi connectivity index (χ3n) is 12.5. The van der Waals surface area contributed by atoms with Crippen LogP contribution in [0.4, 0.5) is 0 Å². The lowest BCUT2D eigenvalue weighted by Gasteiger charge is -2.37. The van der Waals surface area contributed by atoms with Crippen molar-refractivity contribution in [2.24, 2.45) is 0 Å². The summed E-state index contributed by atoms with van der Waals surface area (Å²) in [6, 6.07) is 0. The second-order valence-electron chi connectivity index (χ2n) is 15.4. The molecule has 48 heavy (non-hydrogen) atoms. The number of Topliss-reactive ketones (excluding diaryl/α,β-unsaturated/α-hetero) is 2. The van der Waals surface area contributed by atoms with Gasteiger partial charge in [-0.25, -0.2) is 0 Å². The highest BCUT2D eigenvalue weighted by Gasteiger charge is 2.55. The van der Waals surface area contributed by atoms with Gasteiger partial charge in [0.1, 0.15) is 0 Å². The van der Waals surface area contributed by atoms with E-state index >= 15 is 0 Å². The molecule has 0 aromatic carbocycles. The molecule has 0 amide bonds. The van der Waals surface area contributed by atoms with Crippen molar-refractivity contribution in [2.45, 2.75) is 176 Å². The van der Waals surface area contributed by atoms with Crippen molar-refractivity contribution in [3.8, 4) is 0 Å². The van der Waals surface area contributed by atoms with E-state index in [2.05, 4.69) is 0 Å². The summed E-state index contributed by atoms with van der Waals surface area (Å²) >= 11 is 0. The third kappa shape index (κ3) is 6.67. The van der Waals surface area contributed by atoms with Crippen LogP contribution in [-0.2, 0) is 9.59 Å². The summed E-state index contributed by atoms with van der Waals surface area (Å²) in [6.45, 7) is 0. The highest BCUT2D eigenvalue weighted by molar-refractivity contribution is 6.25. The molecule has 0 radical (unpaired) electrons. The second kappa shape index (κ2) is 14.1. The molecule has 0 atom stereocenters. The highest BCUT2D eigenvalue weighted by Crippen LogP contribution is 2.48. The van der Waals surface area contributed by atoms with Crippen molar-refractivity contribution >= 4 is 11.6 Å². The third-order valence-corrected chi connectivity index (χ3v) is 12.5. The van der Waals surface area contributed by atoms with Crippen molar-refractivity contribution in [1.29, 1.82) is 0 Å². The van der Waals surface area contributed by atoms with E-state index in [0.29, 0.717) is 51.4 Å². The number of nitrogens with zero attached hydrogens (tertiary/aromatic N) is 4. The Kier molecular flexibility index (Phi) is 10.5. The van der Waals surface area contributed by atoms with E-state index in [1.54, 1.807) is 0 Å². The zero-order chi connectivity index (χ0) is 34.7. The van der Waals surface area contributed by atoms with Crippen molar-refractivity contribution in [3.05, 3.63) is 62.7 Å². The van der Waals surface area contributed by atoms with Gasteiger partial charge in [-0.3, -0.25) is 50.0 Å². The fourth-order valence-electron chi connectivity index (χ4n) is 9.51. The maximum Gasteiger partial charge on any atom is 0.226 e. The van der Waals surface area contributed by atoms with Crippen LogP contribution in [0.5, 0.6) is 0 Å². The standard InChI is InChI=1S/C34H48N4O10/c39-29-25(21-31(35(41)42)13-5-1-6-14-31)26(22-32(36(43)44)15-7-2-8-16-32)30(40)28(24-34(38(47)48)19-11-4-12-20-34)27(29)23-33(37(45)46)17-9-3-10-18-33/h1-24H2. The topological polar surface area (TPSA) is 207 Å². The number of hydrogen-bond acceptors (Lipinski definition) is 10. The number of rotatable bonds is 12.